The van der Waals surface area contributed by atoms with Crippen LogP contribution >= 0.6 is 55.9 Å². The second kappa shape index (κ2) is 10.9. The second-order valence-electron chi connectivity index (χ2n) is 0.247. The minimum absolute atomic E-state index is 0.727. The molecule has 0 heterocycles. The topological polar surface area (TPSA) is 0 Å². The van der Waals surface area contributed by atoms with Gasteiger partial charge in [-0.1, -0.05) is 13.8 Å². The third-order valence-electron chi connectivity index (χ3n) is 0. The summed E-state index contributed by atoms with van der Waals surface area (Å²) in [5, 5.41) is 0. The van der Waals surface area contributed by atoms with E-state index < -0.39 is 7.86 Å². The van der Waals surface area contributed by atoms with Crippen LogP contribution in [-0.4, -0.2) is 7.86 Å². The fourth-order valence-corrected chi connectivity index (χ4v) is 0. The van der Waals surface area contributed by atoms with Gasteiger partial charge in [0.1, 0.15) is 0 Å². The van der Waals surface area contributed by atoms with Gasteiger partial charge in [0.2, 0.25) is 0 Å². The summed E-state index contributed by atoms with van der Waals surface area (Å²) in [5.41, 5.74) is 0. The Kier molecular flexibility index (Phi) is 21.3. The number of rotatable bonds is 0. The summed E-state index contributed by atoms with van der Waals surface area (Å²) in [6, 6.07) is 0. The molecule has 39 valence electrons. The van der Waals surface area contributed by atoms with Gasteiger partial charge in [-0.2, -0.15) is 0 Å². The zero-order chi connectivity index (χ0) is 5.58. The Morgan fingerprint density at radius 2 is 1.17 bits per heavy atom. The van der Waals surface area contributed by atoms with Crippen LogP contribution in [0, 0.1) is 6.92 Å². The van der Waals surface area contributed by atoms with Crippen LogP contribution in [0.25, 0.3) is 0 Å². The van der Waals surface area contributed by atoms with Crippen molar-refractivity contribution < 1.29 is 0 Å². The molecule has 0 rings (SSSR count). The van der Waals surface area contributed by atoms with Gasteiger partial charge in [-0.25, -0.2) is 0 Å². The van der Waals surface area contributed by atoms with E-state index >= 15 is 0 Å². The first kappa shape index (κ1) is 11.7. The molecule has 0 aromatic carbocycles. The standard InChI is InChI=1S/C2H5.3HI.Sn.H/c1-2;;;;;/h1H2,2H3;3*1H;;/q;;;;+3;/p-3. The molecule has 0 saturated heterocycles. The zero-order valence-electron chi connectivity index (χ0n) is 3.42. The van der Waals surface area contributed by atoms with Crippen molar-refractivity contribution in [2.24, 2.45) is 0 Å². The van der Waals surface area contributed by atoms with E-state index in [0.717, 1.165) is 0 Å². The van der Waals surface area contributed by atoms with Crippen molar-refractivity contribution >= 4 is 63.8 Å². The van der Waals surface area contributed by atoms with Crippen molar-refractivity contribution in [2.45, 2.75) is 6.92 Å². The van der Waals surface area contributed by atoms with Crippen molar-refractivity contribution in [1.82, 2.24) is 0 Å². The first-order valence-corrected chi connectivity index (χ1v) is 30.2. The summed E-state index contributed by atoms with van der Waals surface area (Å²) < 4.78 is 0. The van der Waals surface area contributed by atoms with Gasteiger partial charge in [-0.05, 0) is 0 Å². The van der Waals surface area contributed by atoms with E-state index in [4.69, 9.17) is 0 Å². The maximum atomic E-state index is 3.25. The molecule has 0 bridgehead atoms. The van der Waals surface area contributed by atoms with E-state index in [1.807, 2.05) is 0 Å². The first-order valence-electron chi connectivity index (χ1n) is 1.36. The van der Waals surface area contributed by atoms with E-state index in [-0.39, 0.29) is 0 Å². The molecule has 0 spiro atoms. The van der Waals surface area contributed by atoms with Gasteiger partial charge < -0.3 is 0 Å². The van der Waals surface area contributed by atoms with Crippen molar-refractivity contribution in [3.05, 3.63) is 6.92 Å². The SMILES string of the molecule is [CH2]C.[I][SnH]([I])[I]. The Bertz CT molecular complexity index is 13.5. The molecule has 0 amide bonds. The molecule has 0 aliphatic heterocycles. The molecule has 0 fully saturated rings. The molecule has 0 saturated carbocycles. The zero-order valence-corrected chi connectivity index (χ0v) is 13.2. The molecular weight excluding hydrogens is 523 g/mol. The van der Waals surface area contributed by atoms with E-state index in [1.165, 1.54) is 0 Å². The average Bonchev–Trinajstić information content (AvgIpc) is 1.41. The van der Waals surface area contributed by atoms with E-state index in [0.29, 0.717) is 0 Å². The van der Waals surface area contributed by atoms with Crippen LogP contribution in [0.1, 0.15) is 6.92 Å². The van der Waals surface area contributed by atoms with Crippen molar-refractivity contribution in [3.63, 3.8) is 0 Å². The van der Waals surface area contributed by atoms with Gasteiger partial charge in [-0.3, -0.25) is 0 Å². The molecule has 0 aromatic rings. The van der Waals surface area contributed by atoms with Crippen molar-refractivity contribution in [2.75, 3.05) is 0 Å². The first-order chi connectivity index (χ1) is 2.73. The summed E-state index contributed by atoms with van der Waals surface area (Å²) in [4.78, 5) is 0. The normalized spacial score (nSPS) is 7.00. The Balaban J connectivity index is 0. The Hall–Kier alpha value is 2.99. The summed E-state index contributed by atoms with van der Waals surface area (Å²) in [5.74, 6) is 0. The van der Waals surface area contributed by atoms with Crippen LogP contribution in [0.2, 0.25) is 0 Å². The average molecular weight is 529 g/mol. The van der Waals surface area contributed by atoms with Gasteiger partial charge >= 0.3 is 63.8 Å². The summed E-state index contributed by atoms with van der Waals surface area (Å²) in [6.07, 6.45) is 0. The Morgan fingerprint density at radius 3 is 1.17 bits per heavy atom. The Morgan fingerprint density at radius 1 is 1.17 bits per heavy atom. The molecule has 0 nitrogen and oxygen atoms in total. The summed E-state index contributed by atoms with van der Waals surface area (Å²) in [7, 11) is -0.727. The monoisotopic (exact) mass is 531 g/mol. The summed E-state index contributed by atoms with van der Waals surface area (Å²) >= 11 is 7.58. The van der Waals surface area contributed by atoms with Crippen LogP contribution in [0.3, 0.4) is 0 Å². The van der Waals surface area contributed by atoms with E-state index in [9.17, 15) is 0 Å². The van der Waals surface area contributed by atoms with Crippen LogP contribution < -0.4 is 0 Å². The minimum atomic E-state index is -0.727. The summed E-state index contributed by atoms with van der Waals surface area (Å²) in [6.45, 7) is 5.00. The van der Waals surface area contributed by atoms with Gasteiger partial charge in [0.05, 0.1) is 0 Å². The van der Waals surface area contributed by atoms with Gasteiger partial charge in [0.25, 0.3) is 0 Å². The van der Waals surface area contributed by atoms with Crippen LogP contribution in [0.4, 0.5) is 0 Å². The molecule has 0 atom stereocenters. The van der Waals surface area contributed by atoms with E-state index in [2.05, 4.69) is 62.8 Å². The third kappa shape index (κ3) is 28.1. The molecule has 6 heavy (non-hydrogen) atoms. The van der Waals surface area contributed by atoms with Crippen LogP contribution in [-0.2, 0) is 0 Å². The molecule has 4 heteroatoms. The number of hydrogen-bond donors (Lipinski definition) is 0. The molecule has 0 aliphatic rings. The van der Waals surface area contributed by atoms with Gasteiger partial charge in [0.15, 0.2) is 0 Å². The fraction of sp³-hybridized carbons (Fsp3) is 0.500. The molecular formula is C2H6I3Sn. The van der Waals surface area contributed by atoms with Crippen LogP contribution in [0.15, 0.2) is 0 Å². The molecule has 0 unspecified atom stereocenters. The van der Waals surface area contributed by atoms with Gasteiger partial charge in [-0.15, -0.1) is 0 Å². The molecule has 0 aliphatic carbocycles. The fourth-order valence-electron chi connectivity index (χ4n) is 0. The van der Waals surface area contributed by atoms with Crippen LogP contribution in [0.5, 0.6) is 0 Å². The predicted octanol–water partition coefficient (Wildman–Crippen LogP) is 2.85. The number of hydrogen-bond acceptors (Lipinski definition) is 0. The predicted molar refractivity (Wildman–Crippen MR) is 60.2 cm³/mol. The maximum absolute atomic E-state index is 3.25. The number of halogens is 3. The molecule has 0 N–H and O–H groups in total. The second-order valence-corrected chi connectivity index (χ2v) is 74.7. The van der Waals surface area contributed by atoms with E-state index in [1.54, 1.807) is 6.92 Å². The van der Waals surface area contributed by atoms with Gasteiger partial charge in [0, 0.05) is 0 Å². The molecule has 0 aromatic heterocycles. The van der Waals surface area contributed by atoms with Crippen molar-refractivity contribution in [1.29, 1.82) is 0 Å². The quantitative estimate of drug-likeness (QED) is 0.335. The third-order valence-corrected chi connectivity index (χ3v) is 0. The molecule has 1 radical (unpaired) electrons. The van der Waals surface area contributed by atoms with Crippen molar-refractivity contribution in [3.8, 4) is 0 Å². The Labute approximate surface area is 75.5 Å².